The van der Waals surface area contributed by atoms with Crippen LogP contribution in [0.2, 0.25) is 0 Å². The molecule has 0 radical (unpaired) electrons. The largest absolute Gasteiger partial charge is 0.444 e. The minimum Gasteiger partial charge on any atom is -0.444 e. The lowest BCUT2D eigenvalue weighted by Gasteiger charge is -2.49. The average Bonchev–Trinajstić information content (AvgIpc) is 2.85. The van der Waals surface area contributed by atoms with Crippen LogP contribution in [0.25, 0.3) is 0 Å². The minimum absolute atomic E-state index is 0.0124. The molecule has 2 fully saturated rings. The molecular weight excluding hydrogens is 520 g/mol. The molecule has 0 saturated carbocycles. The summed E-state index contributed by atoms with van der Waals surface area (Å²) in [5.41, 5.74) is -2.72. The van der Waals surface area contributed by atoms with E-state index in [-0.39, 0.29) is 44.1 Å². The van der Waals surface area contributed by atoms with Crippen LogP contribution in [0.1, 0.15) is 29.2 Å². The number of piperazine rings is 1. The third-order valence-electron chi connectivity index (χ3n) is 6.40. The number of hydrogen-bond acceptors (Lipinski definition) is 4. The lowest BCUT2D eigenvalue weighted by atomic mass is 10.0. The zero-order chi connectivity index (χ0) is 27.8. The third-order valence-corrected chi connectivity index (χ3v) is 6.40. The predicted octanol–water partition coefficient (Wildman–Crippen LogP) is 4.51. The van der Waals surface area contributed by atoms with Crippen LogP contribution < -0.4 is 0 Å². The Morgan fingerprint density at radius 2 is 1.53 bits per heavy atom. The number of amides is 3. The van der Waals surface area contributed by atoms with Crippen molar-refractivity contribution in [3.8, 4) is 0 Å². The van der Waals surface area contributed by atoms with Gasteiger partial charge < -0.3 is 14.5 Å². The highest BCUT2D eigenvalue weighted by Crippen LogP contribution is 2.36. The topological polar surface area (TPSA) is 70.2 Å². The molecule has 2 aliphatic heterocycles. The molecule has 3 amide bonds. The van der Waals surface area contributed by atoms with E-state index < -0.39 is 53.8 Å². The van der Waals surface area contributed by atoms with Gasteiger partial charge in [-0.2, -0.15) is 26.3 Å². The summed E-state index contributed by atoms with van der Waals surface area (Å²) in [6.07, 6.45) is -12.0. The number of rotatable bonds is 4. The van der Waals surface area contributed by atoms with Gasteiger partial charge in [-0.3, -0.25) is 14.5 Å². The molecule has 2 atom stereocenters. The van der Waals surface area contributed by atoms with Crippen molar-refractivity contribution in [1.29, 1.82) is 0 Å². The van der Waals surface area contributed by atoms with Crippen molar-refractivity contribution >= 4 is 17.9 Å². The van der Waals surface area contributed by atoms with E-state index in [2.05, 4.69) is 0 Å². The zero-order valence-corrected chi connectivity index (χ0v) is 20.1. The van der Waals surface area contributed by atoms with Crippen LogP contribution >= 0.6 is 0 Å². The second kappa shape index (κ2) is 10.2. The first kappa shape index (κ1) is 27.3. The van der Waals surface area contributed by atoms with Crippen molar-refractivity contribution in [3.05, 3.63) is 70.8 Å². The summed E-state index contributed by atoms with van der Waals surface area (Å²) < 4.78 is 84.1. The van der Waals surface area contributed by atoms with E-state index in [9.17, 15) is 40.7 Å². The summed E-state index contributed by atoms with van der Waals surface area (Å²) >= 11 is 0. The normalized spacial score (nSPS) is 20.4. The van der Waals surface area contributed by atoms with Gasteiger partial charge in [-0.15, -0.1) is 0 Å². The second-order valence-corrected chi connectivity index (χ2v) is 9.23. The molecule has 7 nitrogen and oxygen atoms in total. The number of carbonyl (C=O) groups is 3. The molecule has 0 N–H and O–H groups in total. The third kappa shape index (κ3) is 5.86. The van der Waals surface area contributed by atoms with Crippen LogP contribution in [0.5, 0.6) is 0 Å². The van der Waals surface area contributed by atoms with E-state index in [0.717, 1.165) is 5.56 Å². The average molecular weight is 543 g/mol. The summed E-state index contributed by atoms with van der Waals surface area (Å²) in [6.45, 7) is 0.492. The Morgan fingerprint density at radius 1 is 0.921 bits per heavy atom. The molecule has 204 valence electrons. The number of carbonyl (C=O) groups excluding carboxylic acids is 3. The number of ether oxygens (including phenoxy) is 1. The quantitative estimate of drug-likeness (QED) is 0.533. The fourth-order valence-electron chi connectivity index (χ4n) is 4.50. The smallest absolute Gasteiger partial charge is 0.416 e. The van der Waals surface area contributed by atoms with E-state index in [4.69, 9.17) is 4.74 Å². The molecular formula is C25H23F6N3O4. The van der Waals surface area contributed by atoms with Crippen molar-refractivity contribution in [3.63, 3.8) is 0 Å². The van der Waals surface area contributed by atoms with Gasteiger partial charge in [-0.1, -0.05) is 37.3 Å². The molecule has 2 aromatic carbocycles. The Kier molecular flexibility index (Phi) is 7.31. The van der Waals surface area contributed by atoms with Crippen molar-refractivity contribution in [2.75, 3.05) is 19.6 Å². The van der Waals surface area contributed by atoms with Crippen molar-refractivity contribution < 1.29 is 45.5 Å². The predicted molar refractivity (Wildman–Crippen MR) is 120 cm³/mol. The first-order valence-corrected chi connectivity index (χ1v) is 11.6. The highest BCUT2D eigenvalue weighted by molar-refractivity contribution is 5.89. The Labute approximate surface area is 213 Å². The van der Waals surface area contributed by atoms with Gasteiger partial charge in [-0.05, 0) is 29.3 Å². The Bertz CT molecular complexity index is 1190. The first-order chi connectivity index (χ1) is 17.7. The summed E-state index contributed by atoms with van der Waals surface area (Å²) in [7, 11) is 0. The maximum absolute atomic E-state index is 13.2. The highest BCUT2D eigenvalue weighted by atomic mass is 19.4. The van der Waals surface area contributed by atoms with Gasteiger partial charge in [0.2, 0.25) is 11.8 Å². The van der Waals surface area contributed by atoms with Gasteiger partial charge >= 0.3 is 18.4 Å². The molecule has 38 heavy (non-hydrogen) atoms. The van der Waals surface area contributed by atoms with E-state index >= 15 is 0 Å². The van der Waals surface area contributed by atoms with Crippen LogP contribution in [-0.2, 0) is 39.8 Å². The van der Waals surface area contributed by atoms with Crippen molar-refractivity contribution in [2.24, 2.45) is 5.92 Å². The molecule has 0 spiro atoms. The van der Waals surface area contributed by atoms with Crippen LogP contribution in [0.4, 0.5) is 31.1 Å². The van der Waals surface area contributed by atoms with E-state index in [1.807, 2.05) is 18.2 Å². The maximum Gasteiger partial charge on any atom is 0.416 e. The first-order valence-electron chi connectivity index (χ1n) is 11.6. The lowest BCUT2D eigenvalue weighted by Crippen LogP contribution is -2.69. The second-order valence-electron chi connectivity index (χ2n) is 9.23. The van der Waals surface area contributed by atoms with Crippen LogP contribution in [0, 0.1) is 5.92 Å². The Balaban J connectivity index is 1.53. The monoisotopic (exact) mass is 543 g/mol. The number of halogens is 6. The zero-order valence-electron chi connectivity index (χ0n) is 20.1. The molecule has 0 bridgehead atoms. The fraction of sp³-hybridized carbons (Fsp3) is 0.400. The Morgan fingerprint density at radius 3 is 2.11 bits per heavy atom. The molecule has 2 heterocycles. The Hall–Kier alpha value is -3.77. The lowest BCUT2D eigenvalue weighted by molar-refractivity contribution is -0.164. The van der Waals surface area contributed by atoms with Crippen molar-refractivity contribution in [2.45, 2.75) is 38.6 Å². The number of alkyl halides is 6. The van der Waals surface area contributed by atoms with E-state index in [1.165, 1.54) is 14.7 Å². The number of nitrogens with zero attached hydrogens (tertiary/aromatic N) is 3. The van der Waals surface area contributed by atoms with Gasteiger partial charge in [0.1, 0.15) is 19.3 Å². The minimum atomic E-state index is -5.04. The van der Waals surface area contributed by atoms with Crippen LogP contribution in [0.3, 0.4) is 0 Å². The summed E-state index contributed by atoms with van der Waals surface area (Å²) in [5.74, 6) is -1.37. The standard InChI is InChI=1S/C25H23F6N3O4/c1-15-10-34(20-12-32(11-16-5-3-2-4-6-16)21(35)13-33(20)22(15)36)23(37)38-14-17-7-18(24(26,27)28)9-19(8-17)25(29,30)31/h2-9,15,20H,10-14H2,1H3. The van der Waals surface area contributed by atoms with Crippen LogP contribution in [0.15, 0.2) is 48.5 Å². The molecule has 0 aliphatic carbocycles. The number of hydrogen-bond donors (Lipinski definition) is 0. The molecule has 2 aliphatic rings. The molecule has 0 aromatic heterocycles. The van der Waals surface area contributed by atoms with Gasteiger partial charge in [0, 0.05) is 13.1 Å². The van der Waals surface area contributed by atoms with Gasteiger partial charge in [-0.25, -0.2) is 4.79 Å². The van der Waals surface area contributed by atoms with E-state index in [0.29, 0.717) is 12.1 Å². The molecule has 2 aromatic rings. The van der Waals surface area contributed by atoms with E-state index in [1.54, 1.807) is 19.1 Å². The summed E-state index contributed by atoms with van der Waals surface area (Å²) in [4.78, 5) is 42.4. The fourth-order valence-corrected chi connectivity index (χ4v) is 4.50. The molecule has 2 saturated heterocycles. The molecule has 13 heteroatoms. The maximum atomic E-state index is 13.2. The summed E-state index contributed by atoms with van der Waals surface area (Å²) in [5, 5.41) is 0. The van der Waals surface area contributed by atoms with Crippen LogP contribution in [-0.4, -0.2) is 58.4 Å². The van der Waals surface area contributed by atoms with Gasteiger partial charge in [0.05, 0.1) is 23.6 Å². The SMILES string of the molecule is CC1CN(C(=O)OCc2cc(C(F)(F)F)cc(C(F)(F)F)c2)C2CN(Cc3ccccc3)C(=O)CN2C1=O. The van der Waals surface area contributed by atoms with Crippen molar-refractivity contribution in [1.82, 2.24) is 14.7 Å². The highest BCUT2D eigenvalue weighted by Gasteiger charge is 2.46. The number of fused-ring (bicyclic) bond motifs is 1. The molecule has 2 unspecified atom stereocenters. The van der Waals surface area contributed by atoms with Gasteiger partial charge in [0.15, 0.2) is 0 Å². The number of benzene rings is 2. The summed E-state index contributed by atoms with van der Waals surface area (Å²) in [6, 6.07) is 9.98. The molecule has 4 rings (SSSR count). The van der Waals surface area contributed by atoms with Gasteiger partial charge in [0.25, 0.3) is 0 Å².